The Bertz CT molecular complexity index is 829. The molecule has 0 aliphatic rings. The lowest BCUT2D eigenvalue weighted by molar-refractivity contribution is -0.145. The van der Waals surface area contributed by atoms with Gasteiger partial charge in [0.1, 0.15) is 18.8 Å². The van der Waals surface area contributed by atoms with E-state index in [9.17, 15) is 14.7 Å². The first-order chi connectivity index (χ1) is 14.0. The summed E-state index contributed by atoms with van der Waals surface area (Å²) in [6.07, 6.45) is 1.72. The smallest absolute Gasteiger partial charge is 0.313 e. The standard InChI is InChI=1S/C23H26O6/c1-3-28-23(26)15-20(25)14-19(24)11-9-17-10-12-21(27-2)22(13-17)29-16-18-7-5-4-6-8-18/h4-13,19,24H,3,14-16H2,1-2H3/b11-9+. The normalized spacial score (nSPS) is 11.8. The SMILES string of the molecule is CCOC(=O)CC(=O)CC(O)/C=C/c1ccc(OC)c(OCc2ccccc2)c1. The maximum absolute atomic E-state index is 11.8. The zero-order valence-corrected chi connectivity index (χ0v) is 16.7. The molecular weight excluding hydrogens is 372 g/mol. The first kappa shape index (κ1) is 22.2. The van der Waals surface area contributed by atoms with Crippen LogP contribution in [0.25, 0.3) is 6.08 Å². The van der Waals surface area contributed by atoms with Gasteiger partial charge in [-0.3, -0.25) is 9.59 Å². The molecule has 154 valence electrons. The molecule has 1 atom stereocenters. The second-order valence-corrected chi connectivity index (χ2v) is 6.34. The number of benzene rings is 2. The van der Waals surface area contributed by atoms with E-state index in [-0.39, 0.29) is 25.2 Å². The molecule has 2 aromatic rings. The first-order valence-electron chi connectivity index (χ1n) is 9.40. The molecule has 1 N–H and O–H groups in total. The fourth-order valence-corrected chi connectivity index (χ4v) is 2.61. The van der Waals surface area contributed by atoms with Crippen LogP contribution in [0.15, 0.2) is 54.6 Å². The highest BCUT2D eigenvalue weighted by Gasteiger charge is 2.13. The fourth-order valence-electron chi connectivity index (χ4n) is 2.61. The topological polar surface area (TPSA) is 82.1 Å². The van der Waals surface area contributed by atoms with E-state index in [2.05, 4.69) is 0 Å². The largest absolute Gasteiger partial charge is 0.493 e. The third kappa shape index (κ3) is 7.79. The Kier molecular flexibility index (Phi) is 8.92. The highest BCUT2D eigenvalue weighted by atomic mass is 16.5. The van der Waals surface area contributed by atoms with Crippen molar-refractivity contribution >= 4 is 17.8 Å². The fraction of sp³-hybridized carbons (Fsp3) is 0.304. The minimum Gasteiger partial charge on any atom is -0.493 e. The molecule has 0 amide bonds. The number of hydrogen-bond acceptors (Lipinski definition) is 6. The number of carbonyl (C=O) groups excluding carboxylic acids is 2. The Morgan fingerprint density at radius 2 is 1.86 bits per heavy atom. The van der Waals surface area contributed by atoms with Crippen LogP contribution in [0.1, 0.15) is 30.9 Å². The van der Waals surface area contributed by atoms with Crippen LogP contribution in [-0.2, 0) is 20.9 Å². The van der Waals surface area contributed by atoms with Crippen molar-refractivity contribution in [1.29, 1.82) is 0 Å². The Hall–Kier alpha value is -3.12. The van der Waals surface area contributed by atoms with Crippen molar-refractivity contribution in [2.24, 2.45) is 0 Å². The number of hydrogen-bond donors (Lipinski definition) is 1. The first-order valence-corrected chi connectivity index (χ1v) is 9.40. The van der Waals surface area contributed by atoms with Gasteiger partial charge in [0.15, 0.2) is 11.5 Å². The van der Waals surface area contributed by atoms with Crippen molar-refractivity contribution in [2.45, 2.75) is 32.5 Å². The lowest BCUT2D eigenvalue weighted by atomic mass is 10.1. The lowest BCUT2D eigenvalue weighted by Crippen LogP contribution is -2.16. The van der Waals surface area contributed by atoms with Crippen LogP contribution in [0.4, 0.5) is 0 Å². The summed E-state index contributed by atoms with van der Waals surface area (Å²) in [7, 11) is 1.57. The van der Waals surface area contributed by atoms with Crippen molar-refractivity contribution in [1.82, 2.24) is 0 Å². The van der Waals surface area contributed by atoms with E-state index in [1.807, 2.05) is 36.4 Å². The average Bonchev–Trinajstić information content (AvgIpc) is 2.71. The van der Waals surface area contributed by atoms with Gasteiger partial charge < -0.3 is 19.3 Å². The summed E-state index contributed by atoms with van der Waals surface area (Å²) >= 11 is 0. The van der Waals surface area contributed by atoms with E-state index >= 15 is 0 Å². The van der Waals surface area contributed by atoms with E-state index < -0.39 is 12.1 Å². The molecule has 2 aromatic carbocycles. The number of carbonyl (C=O) groups is 2. The van der Waals surface area contributed by atoms with Gasteiger partial charge in [-0.25, -0.2) is 0 Å². The van der Waals surface area contributed by atoms with Crippen molar-refractivity contribution < 1.29 is 28.9 Å². The molecule has 29 heavy (non-hydrogen) atoms. The third-order valence-corrected chi connectivity index (χ3v) is 4.02. The second-order valence-electron chi connectivity index (χ2n) is 6.34. The van der Waals surface area contributed by atoms with Crippen LogP contribution in [0.5, 0.6) is 11.5 Å². The highest BCUT2D eigenvalue weighted by Crippen LogP contribution is 2.29. The molecule has 0 aromatic heterocycles. The summed E-state index contributed by atoms with van der Waals surface area (Å²) in [6.45, 7) is 2.29. The van der Waals surface area contributed by atoms with Gasteiger partial charge in [0.05, 0.1) is 19.8 Å². The monoisotopic (exact) mass is 398 g/mol. The summed E-state index contributed by atoms with van der Waals surface area (Å²) in [5, 5.41) is 10.0. The molecule has 0 aliphatic carbocycles. The number of aliphatic hydroxyl groups excluding tert-OH is 1. The average molecular weight is 398 g/mol. The van der Waals surface area contributed by atoms with Gasteiger partial charge in [0, 0.05) is 6.42 Å². The molecule has 6 heteroatoms. The van der Waals surface area contributed by atoms with E-state index in [1.54, 1.807) is 32.2 Å². The summed E-state index contributed by atoms with van der Waals surface area (Å²) in [4.78, 5) is 23.1. The minimum absolute atomic E-state index is 0.150. The van der Waals surface area contributed by atoms with E-state index in [1.165, 1.54) is 6.08 Å². The Labute approximate surface area is 170 Å². The van der Waals surface area contributed by atoms with Crippen molar-refractivity contribution in [3.05, 3.63) is 65.7 Å². The van der Waals surface area contributed by atoms with Crippen molar-refractivity contribution in [3.63, 3.8) is 0 Å². The number of esters is 1. The van der Waals surface area contributed by atoms with Crippen molar-refractivity contribution in [3.8, 4) is 11.5 Å². The molecule has 0 aliphatic heterocycles. The van der Waals surface area contributed by atoms with Crippen LogP contribution < -0.4 is 9.47 Å². The number of aliphatic hydroxyl groups is 1. The molecule has 2 rings (SSSR count). The van der Waals surface area contributed by atoms with Gasteiger partial charge in [0.25, 0.3) is 0 Å². The molecule has 0 spiro atoms. The predicted molar refractivity (Wildman–Crippen MR) is 110 cm³/mol. The Balaban J connectivity index is 1.97. The van der Waals surface area contributed by atoms with Crippen LogP contribution in [0, 0.1) is 0 Å². The Morgan fingerprint density at radius 1 is 1.10 bits per heavy atom. The maximum atomic E-state index is 11.8. The predicted octanol–water partition coefficient (Wildman–Crippen LogP) is 3.56. The molecule has 0 radical (unpaired) electrons. The van der Waals surface area contributed by atoms with Gasteiger partial charge in [-0.1, -0.05) is 48.6 Å². The second kappa shape index (κ2) is 11.7. The molecule has 0 bridgehead atoms. The summed E-state index contributed by atoms with van der Waals surface area (Å²) < 4.78 is 15.9. The van der Waals surface area contributed by atoms with Gasteiger partial charge in [-0.05, 0) is 30.2 Å². The quantitative estimate of drug-likeness (QED) is 0.460. The van der Waals surface area contributed by atoms with Gasteiger partial charge in [-0.15, -0.1) is 0 Å². The minimum atomic E-state index is -0.993. The van der Waals surface area contributed by atoms with Crippen molar-refractivity contribution in [2.75, 3.05) is 13.7 Å². The zero-order chi connectivity index (χ0) is 21.1. The number of ketones is 1. The molecule has 0 saturated heterocycles. The summed E-state index contributed by atoms with van der Waals surface area (Å²) in [5.41, 5.74) is 1.82. The zero-order valence-electron chi connectivity index (χ0n) is 16.7. The number of ether oxygens (including phenoxy) is 3. The molecule has 0 fully saturated rings. The summed E-state index contributed by atoms with van der Waals surface area (Å²) in [6, 6.07) is 15.2. The Morgan fingerprint density at radius 3 is 2.55 bits per heavy atom. The van der Waals surface area contributed by atoms with E-state index in [4.69, 9.17) is 14.2 Å². The molecule has 1 unspecified atom stereocenters. The lowest BCUT2D eigenvalue weighted by Gasteiger charge is -2.12. The van der Waals surface area contributed by atoms with Crippen LogP contribution in [0.3, 0.4) is 0 Å². The van der Waals surface area contributed by atoms with E-state index in [0.29, 0.717) is 18.1 Å². The van der Waals surface area contributed by atoms with Crippen LogP contribution in [-0.4, -0.2) is 36.7 Å². The van der Waals surface area contributed by atoms with Crippen LogP contribution >= 0.6 is 0 Å². The highest BCUT2D eigenvalue weighted by molar-refractivity contribution is 5.95. The van der Waals surface area contributed by atoms with Gasteiger partial charge >= 0.3 is 5.97 Å². The third-order valence-electron chi connectivity index (χ3n) is 4.02. The van der Waals surface area contributed by atoms with Crippen LogP contribution in [0.2, 0.25) is 0 Å². The maximum Gasteiger partial charge on any atom is 0.313 e. The molecular formula is C23H26O6. The van der Waals surface area contributed by atoms with Gasteiger partial charge in [-0.2, -0.15) is 0 Å². The molecule has 0 saturated carbocycles. The molecule has 6 nitrogen and oxygen atoms in total. The molecule has 0 heterocycles. The van der Waals surface area contributed by atoms with E-state index in [0.717, 1.165) is 11.1 Å². The van der Waals surface area contributed by atoms with Gasteiger partial charge in [0.2, 0.25) is 0 Å². The number of rotatable bonds is 11. The number of Topliss-reactive ketones (excluding diaryl/α,β-unsaturated/α-hetero) is 1. The number of methoxy groups -OCH3 is 1. The summed E-state index contributed by atoms with van der Waals surface area (Å²) in [5.74, 6) is 0.223.